The van der Waals surface area contributed by atoms with Crippen LogP contribution >= 0.6 is 0 Å². The second-order valence-electron chi connectivity index (χ2n) is 6.62. The van der Waals surface area contributed by atoms with Crippen molar-refractivity contribution in [1.29, 1.82) is 0 Å². The Labute approximate surface area is 180 Å². The fourth-order valence-electron chi connectivity index (χ4n) is 2.77. The van der Waals surface area contributed by atoms with Crippen molar-refractivity contribution in [2.24, 2.45) is 0 Å². The van der Waals surface area contributed by atoms with Crippen LogP contribution in [-0.2, 0) is 9.53 Å². The minimum Gasteiger partial charge on any atom is -0.465 e. The fourth-order valence-corrected chi connectivity index (χ4v) is 2.77. The molecule has 0 bridgehead atoms. The molecule has 31 heavy (non-hydrogen) atoms. The van der Waals surface area contributed by atoms with Crippen LogP contribution < -0.4 is 10.6 Å². The van der Waals surface area contributed by atoms with E-state index >= 15 is 0 Å². The minimum atomic E-state index is -0.418. The van der Waals surface area contributed by atoms with E-state index < -0.39 is 5.97 Å². The number of nitrogens with one attached hydrogen (secondary N) is 2. The zero-order valence-electron chi connectivity index (χ0n) is 17.1. The standard InChI is InChI=1S/C25H20N2O4/c1-17(28)26-22-13-11-20(12-14-22)24(29)27-23-8-4-6-19(16-23)10-9-18-5-3-7-21(15-18)25(30)31-2/h3-8,11-16H,1-2H3,(H,26,28)(H,27,29). The molecule has 3 rings (SSSR count). The Morgan fingerprint density at radius 2 is 1.39 bits per heavy atom. The molecular formula is C25H20N2O4. The van der Waals surface area contributed by atoms with Crippen LogP contribution in [0.15, 0.2) is 72.8 Å². The van der Waals surface area contributed by atoms with Crippen molar-refractivity contribution in [3.63, 3.8) is 0 Å². The van der Waals surface area contributed by atoms with Crippen molar-refractivity contribution < 1.29 is 19.1 Å². The summed E-state index contributed by atoms with van der Waals surface area (Å²) in [7, 11) is 1.33. The lowest BCUT2D eigenvalue weighted by molar-refractivity contribution is -0.114. The number of hydrogen-bond donors (Lipinski definition) is 2. The van der Waals surface area contributed by atoms with Crippen LogP contribution in [0.2, 0.25) is 0 Å². The predicted molar refractivity (Wildman–Crippen MR) is 119 cm³/mol. The lowest BCUT2D eigenvalue weighted by atomic mass is 10.1. The third kappa shape index (κ3) is 6.05. The van der Waals surface area contributed by atoms with Crippen LogP contribution in [0.3, 0.4) is 0 Å². The van der Waals surface area contributed by atoms with Gasteiger partial charge in [-0.05, 0) is 60.7 Å². The first kappa shape index (κ1) is 21.3. The molecule has 0 saturated heterocycles. The van der Waals surface area contributed by atoms with E-state index in [2.05, 4.69) is 22.5 Å². The summed E-state index contributed by atoms with van der Waals surface area (Å²) in [6.07, 6.45) is 0. The summed E-state index contributed by atoms with van der Waals surface area (Å²) in [5, 5.41) is 5.49. The number of esters is 1. The van der Waals surface area contributed by atoms with Gasteiger partial charge in [0, 0.05) is 35.0 Å². The number of hydrogen-bond acceptors (Lipinski definition) is 4. The van der Waals surface area contributed by atoms with Crippen LogP contribution in [0.1, 0.15) is 38.8 Å². The van der Waals surface area contributed by atoms with E-state index in [0.717, 1.165) is 0 Å². The number of methoxy groups -OCH3 is 1. The summed E-state index contributed by atoms with van der Waals surface area (Å²) in [6, 6.07) is 20.6. The zero-order valence-corrected chi connectivity index (χ0v) is 17.1. The minimum absolute atomic E-state index is 0.174. The molecule has 6 heteroatoms. The number of anilines is 2. The monoisotopic (exact) mass is 412 g/mol. The molecule has 0 unspecified atom stereocenters. The topological polar surface area (TPSA) is 84.5 Å². The Bertz CT molecular complexity index is 1190. The van der Waals surface area contributed by atoms with Crippen LogP contribution in [0, 0.1) is 11.8 Å². The molecule has 3 aromatic rings. The number of benzene rings is 3. The maximum absolute atomic E-state index is 12.5. The van der Waals surface area contributed by atoms with Crippen molar-refractivity contribution in [1.82, 2.24) is 0 Å². The molecule has 0 atom stereocenters. The highest BCUT2D eigenvalue weighted by Gasteiger charge is 2.07. The molecule has 0 aromatic heterocycles. The van der Waals surface area contributed by atoms with Crippen LogP contribution in [-0.4, -0.2) is 24.9 Å². The number of amides is 2. The van der Waals surface area contributed by atoms with Crippen LogP contribution in [0.4, 0.5) is 11.4 Å². The Morgan fingerprint density at radius 1 is 0.742 bits per heavy atom. The number of ether oxygens (including phenoxy) is 1. The Kier molecular flexibility index (Phi) is 6.82. The maximum atomic E-state index is 12.5. The molecule has 0 fully saturated rings. The molecular weight excluding hydrogens is 392 g/mol. The van der Waals surface area contributed by atoms with E-state index in [9.17, 15) is 14.4 Å². The largest absolute Gasteiger partial charge is 0.465 e. The zero-order chi connectivity index (χ0) is 22.2. The van der Waals surface area contributed by atoms with Gasteiger partial charge in [-0.25, -0.2) is 4.79 Å². The third-order valence-electron chi connectivity index (χ3n) is 4.22. The van der Waals surface area contributed by atoms with E-state index in [0.29, 0.717) is 33.6 Å². The summed E-state index contributed by atoms with van der Waals surface area (Å²) < 4.78 is 4.72. The second kappa shape index (κ2) is 9.90. The smallest absolute Gasteiger partial charge is 0.337 e. The number of carbonyl (C=O) groups excluding carboxylic acids is 3. The van der Waals surface area contributed by atoms with Gasteiger partial charge in [0.05, 0.1) is 12.7 Å². The van der Waals surface area contributed by atoms with Crippen molar-refractivity contribution in [3.8, 4) is 11.8 Å². The van der Waals surface area contributed by atoms with E-state index in [4.69, 9.17) is 4.74 Å². The van der Waals surface area contributed by atoms with E-state index in [1.807, 2.05) is 6.07 Å². The molecule has 2 N–H and O–H groups in total. The molecule has 2 amide bonds. The van der Waals surface area contributed by atoms with E-state index in [1.54, 1.807) is 66.7 Å². The highest BCUT2D eigenvalue weighted by molar-refractivity contribution is 6.04. The van der Waals surface area contributed by atoms with Crippen molar-refractivity contribution >= 4 is 29.2 Å². The molecule has 0 heterocycles. The summed E-state index contributed by atoms with van der Waals surface area (Å²) in [6.45, 7) is 1.42. The van der Waals surface area contributed by atoms with Crippen LogP contribution in [0.25, 0.3) is 0 Å². The van der Waals surface area contributed by atoms with Gasteiger partial charge in [-0.2, -0.15) is 0 Å². The molecule has 0 spiro atoms. The van der Waals surface area contributed by atoms with Gasteiger partial charge in [0.15, 0.2) is 0 Å². The normalized spacial score (nSPS) is 9.74. The second-order valence-corrected chi connectivity index (χ2v) is 6.62. The predicted octanol–water partition coefficient (Wildman–Crippen LogP) is 4.08. The van der Waals surface area contributed by atoms with Gasteiger partial charge in [0.2, 0.25) is 5.91 Å². The molecule has 0 saturated carbocycles. The van der Waals surface area contributed by atoms with Gasteiger partial charge in [-0.3, -0.25) is 9.59 Å². The molecule has 0 radical (unpaired) electrons. The summed E-state index contributed by atoms with van der Waals surface area (Å²) in [4.78, 5) is 35.2. The average molecular weight is 412 g/mol. The van der Waals surface area contributed by atoms with Gasteiger partial charge in [-0.15, -0.1) is 0 Å². The van der Waals surface area contributed by atoms with E-state index in [-0.39, 0.29) is 11.8 Å². The highest BCUT2D eigenvalue weighted by Crippen LogP contribution is 2.14. The molecule has 3 aromatic carbocycles. The maximum Gasteiger partial charge on any atom is 0.337 e. The van der Waals surface area contributed by atoms with Crippen molar-refractivity contribution in [3.05, 3.63) is 95.1 Å². The first-order chi connectivity index (χ1) is 14.9. The molecule has 6 nitrogen and oxygen atoms in total. The quantitative estimate of drug-likeness (QED) is 0.499. The fraction of sp³-hybridized carbons (Fsp3) is 0.0800. The van der Waals surface area contributed by atoms with Gasteiger partial charge in [0.1, 0.15) is 0 Å². The third-order valence-corrected chi connectivity index (χ3v) is 4.22. The lowest BCUT2D eigenvalue weighted by Gasteiger charge is -2.07. The Morgan fingerprint density at radius 3 is 2.03 bits per heavy atom. The number of rotatable bonds is 4. The SMILES string of the molecule is COC(=O)c1cccc(C#Cc2cccc(NC(=O)c3ccc(NC(C)=O)cc3)c2)c1. The number of carbonyl (C=O) groups is 3. The summed E-state index contributed by atoms with van der Waals surface area (Å²) in [5.41, 5.74) is 3.51. The van der Waals surface area contributed by atoms with Gasteiger partial charge >= 0.3 is 5.97 Å². The Balaban J connectivity index is 1.71. The summed E-state index contributed by atoms with van der Waals surface area (Å²) >= 11 is 0. The molecule has 0 aliphatic rings. The molecule has 0 aliphatic heterocycles. The van der Waals surface area contributed by atoms with Gasteiger partial charge in [0.25, 0.3) is 5.91 Å². The van der Waals surface area contributed by atoms with Gasteiger partial charge < -0.3 is 15.4 Å². The molecule has 154 valence electrons. The summed E-state index contributed by atoms with van der Waals surface area (Å²) in [5.74, 6) is 5.17. The lowest BCUT2D eigenvalue weighted by Crippen LogP contribution is -2.12. The average Bonchev–Trinajstić information content (AvgIpc) is 2.77. The first-order valence-corrected chi connectivity index (χ1v) is 9.44. The van der Waals surface area contributed by atoms with Gasteiger partial charge in [-0.1, -0.05) is 24.0 Å². The van der Waals surface area contributed by atoms with E-state index in [1.165, 1.54) is 14.0 Å². The first-order valence-electron chi connectivity index (χ1n) is 9.44. The van der Waals surface area contributed by atoms with Crippen LogP contribution in [0.5, 0.6) is 0 Å². The molecule has 0 aliphatic carbocycles. The van der Waals surface area contributed by atoms with Crippen molar-refractivity contribution in [2.45, 2.75) is 6.92 Å². The van der Waals surface area contributed by atoms with Crippen molar-refractivity contribution in [2.75, 3.05) is 17.7 Å². The highest BCUT2D eigenvalue weighted by atomic mass is 16.5. The Hall–Kier alpha value is -4.37.